The van der Waals surface area contributed by atoms with Crippen LogP contribution < -0.4 is 21.9 Å². The molecule has 5 N–H and O–H groups in total. The zero-order chi connectivity index (χ0) is 9.56. The summed E-state index contributed by atoms with van der Waals surface area (Å²) < 4.78 is 0. The van der Waals surface area contributed by atoms with Gasteiger partial charge in [-0.05, 0) is 25.1 Å². The summed E-state index contributed by atoms with van der Waals surface area (Å²) >= 11 is 4.53. The van der Waals surface area contributed by atoms with Gasteiger partial charge in [-0.1, -0.05) is 0 Å². The number of hydrogen-bond donors (Lipinski definition) is 3. The van der Waals surface area contributed by atoms with E-state index in [0.29, 0.717) is 19.4 Å². The van der Waals surface area contributed by atoms with E-state index in [2.05, 4.69) is 17.5 Å². The van der Waals surface area contributed by atoms with Gasteiger partial charge in [0.1, 0.15) is 0 Å². The van der Waals surface area contributed by atoms with Crippen LogP contribution in [0, 0.1) is 0 Å². The van der Waals surface area contributed by atoms with E-state index in [1.807, 2.05) is 0 Å². The maximum Gasteiger partial charge on any atom is 0.163 e. The Morgan fingerprint density at radius 1 is 1.67 bits per heavy atom. The molecule has 0 aliphatic heterocycles. The van der Waals surface area contributed by atoms with Gasteiger partial charge in [0.15, 0.2) is 5.11 Å². The summed E-state index contributed by atoms with van der Waals surface area (Å²) in [6.45, 7) is 0.538. The largest absolute Gasteiger partial charge is 0.548 e. The summed E-state index contributed by atoms with van der Waals surface area (Å²) in [5.74, 6) is -1.23. The maximum absolute atomic E-state index is 10.1. The van der Waals surface area contributed by atoms with E-state index in [1.165, 1.54) is 0 Å². The molecule has 6 heteroatoms. The van der Waals surface area contributed by atoms with Crippen LogP contribution in [0.5, 0.6) is 0 Å². The third-order valence-corrected chi connectivity index (χ3v) is 1.44. The van der Waals surface area contributed by atoms with E-state index in [-0.39, 0.29) is 5.11 Å². The molecule has 0 spiro atoms. The molecule has 0 bridgehead atoms. The highest BCUT2D eigenvalue weighted by atomic mass is 32.1. The topological polar surface area (TPSA) is 104 Å². The summed E-state index contributed by atoms with van der Waals surface area (Å²) in [5, 5.41) is 13.0. The number of aliphatic carboxylic acids is 1. The van der Waals surface area contributed by atoms with Gasteiger partial charge < -0.3 is 26.7 Å². The zero-order valence-corrected chi connectivity index (χ0v) is 7.39. The second kappa shape index (κ2) is 5.73. The number of nitrogens with one attached hydrogen (secondary N) is 1. The van der Waals surface area contributed by atoms with Crippen molar-refractivity contribution in [2.24, 2.45) is 11.5 Å². The summed E-state index contributed by atoms with van der Waals surface area (Å²) in [6, 6.07) is -0.904. The lowest BCUT2D eigenvalue weighted by molar-refractivity contribution is -0.307. The van der Waals surface area contributed by atoms with E-state index in [9.17, 15) is 9.90 Å². The Morgan fingerprint density at radius 2 is 2.25 bits per heavy atom. The number of carbonyl (C=O) groups is 1. The van der Waals surface area contributed by atoms with Gasteiger partial charge in [0.25, 0.3) is 0 Å². The average molecular weight is 190 g/mol. The Morgan fingerprint density at radius 3 is 2.67 bits per heavy atom. The van der Waals surface area contributed by atoms with Crippen molar-refractivity contribution in [3.8, 4) is 0 Å². The van der Waals surface area contributed by atoms with Crippen molar-refractivity contribution in [3.63, 3.8) is 0 Å². The first-order valence-electron chi connectivity index (χ1n) is 3.53. The number of thiocarbonyl (C=S) groups is 1. The number of carbonyl (C=O) groups excluding carboxylic acids is 1. The highest BCUT2D eigenvalue weighted by Gasteiger charge is 2.01. The van der Waals surface area contributed by atoms with E-state index in [0.717, 1.165) is 0 Å². The molecule has 0 rings (SSSR count). The number of hydrogen-bond acceptors (Lipinski definition) is 4. The molecule has 0 heterocycles. The summed E-state index contributed by atoms with van der Waals surface area (Å²) in [5.41, 5.74) is 10.3. The molecular formula is C6H12N3O2S-. The molecule has 0 radical (unpaired) electrons. The summed E-state index contributed by atoms with van der Waals surface area (Å²) in [4.78, 5) is 10.1. The third-order valence-electron chi connectivity index (χ3n) is 1.29. The van der Waals surface area contributed by atoms with E-state index in [1.54, 1.807) is 0 Å². The first kappa shape index (κ1) is 11.1. The van der Waals surface area contributed by atoms with Crippen LogP contribution in [0.2, 0.25) is 0 Å². The van der Waals surface area contributed by atoms with E-state index < -0.39 is 12.0 Å². The lowest BCUT2D eigenvalue weighted by Crippen LogP contribution is -2.42. The molecule has 0 aliphatic carbocycles. The minimum Gasteiger partial charge on any atom is -0.548 e. The number of carboxylic acids is 1. The first-order chi connectivity index (χ1) is 5.54. The Balaban J connectivity index is 3.31. The van der Waals surface area contributed by atoms with Gasteiger partial charge in [0.05, 0.1) is 5.97 Å². The van der Waals surface area contributed by atoms with Gasteiger partial charge in [-0.15, -0.1) is 0 Å². The molecule has 12 heavy (non-hydrogen) atoms. The van der Waals surface area contributed by atoms with Crippen LogP contribution in [-0.2, 0) is 4.79 Å². The van der Waals surface area contributed by atoms with Crippen molar-refractivity contribution in [1.29, 1.82) is 0 Å². The van der Waals surface area contributed by atoms with Crippen LogP contribution in [0.15, 0.2) is 0 Å². The highest BCUT2D eigenvalue weighted by molar-refractivity contribution is 7.80. The summed E-state index contributed by atoms with van der Waals surface area (Å²) in [6.07, 6.45) is 0.963. The van der Waals surface area contributed by atoms with Crippen molar-refractivity contribution in [1.82, 2.24) is 5.32 Å². The molecular weight excluding hydrogens is 178 g/mol. The van der Waals surface area contributed by atoms with Gasteiger partial charge >= 0.3 is 0 Å². The number of rotatable bonds is 5. The van der Waals surface area contributed by atoms with Crippen molar-refractivity contribution in [3.05, 3.63) is 0 Å². The van der Waals surface area contributed by atoms with E-state index in [4.69, 9.17) is 11.5 Å². The smallest absolute Gasteiger partial charge is 0.163 e. The Kier molecular flexibility index (Phi) is 5.31. The van der Waals surface area contributed by atoms with Gasteiger partial charge in [0.2, 0.25) is 0 Å². The van der Waals surface area contributed by atoms with Crippen molar-refractivity contribution < 1.29 is 9.90 Å². The van der Waals surface area contributed by atoms with Gasteiger partial charge in [-0.25, -0.2) is 0 Å². The minimum absolute atomic E-state index is 0.206. The molecule has 0 saturated heterocycles. The Bertz CT molecular complexity index is 174. The fourth-order valence-corrected chi connectivity index (χ4v) is 0.753. The average Bonchev–Trinajstić information content (AvgIpc) is 1.97. The second-order valence-corrected chi connectivity index (χ2v) is 2.80. The van der Waals surface area contributed by atoms with Crippen molar-refractivity contribution in [2.75, 3.05) is 6.54 Å². The Hall–Kier alpha value is -0.880. The molecule has 0 saturated carbocycles. The van der Waals surface area contributed by atoms with Crippen molar-refractivity contribution in [2.45, 2.75) is 18.9 Å². The molecule has 0 aliphatic rings. The van der Waals surface area contributed by atoms with Gasteiger partial charge in [0, 0.05) is 12.6 Å². The molecule has 0 amide bonds. The Labute approximate surface area is 76.1 Å². The molecule has 5 nitrogen and oxygen atoms in total. The normalized spacial score (nSPS) is 12.1. The van der Waals surface area contributed by atoms with Crippen LogP contribution in [0.3, 0.4) is 0 Å². The quantitative estimate of drug-likeness (QED) is 0.332. The standard InChI is InChI=1S/C6H13N3O2S/c7-4(5(10)11)2-1-3-9-6(8)12/h4H,1-3,7H2,(H,10,11)(H3,8,9,12)/p-1. The van der Waals surface area contributed by atoms with Crippen molar-refractivity contribution >= 4 is 23.3 Å². The SMILES string of the molecule is NC(=S)NCCCC(N)C(=O)[O-]. The molecule has 70 valence electrons. The number of carboxylic acid groups (broad SMARTS) is 1. The van der Waals surface area contributed by atoms with E-state index >= 15 is 0 Å². The van der Waals surface area contributed by atoms with Gasteiger partial charge in [-0.2, -0.15) is 0 Å². The maximum atomic E-state index is 10.1. The fraction of sp³-hybridized carbons (Fsp3) is 0.667. The van der Waals surface area contributed by atoms with Crippen LogP contribution in [0.4, 0.5) is 0 Å². The fourth-order valence-electron chi connectivity index (χ4n) is 0.651. The third kappa shape index (κ3) is 5.87. The number of nitrogens with two attached hydrogens (primary N) is 2. The molecule has 1 unspecified atom stereocenters. The molecule has 0 aromatic carbocycles. The van der Waals surface area contributed by atoms with Crippen LogP contribution in [-0.4, -0.2) is 23.7 Å². The van der Waals surface area contributed by atoms with Crippen LogP contribution in [0.25, 0.3) is 0 Å². The second-order valence-electron chi connectivity index (χ2n) is 2.36. The molecule has 1 atom stereocenters. The monoisotopic (exact) mass is 190 g/mol. The predicted molar refractivity (Wildman–Crippen MR) is 47.0 cm³/mol. The van der Waals surface area contributed by atoms with Crippen LogP contribution in [0.1, 0.15) is 12.8 Å². The molecule has 0 aromatic heterocycles. The first-order valence-corrected chi connectivity index (χ1v) is 3.94. The van der Waals surface area contributed by atoms with Crippen LogP contribution >= 0.6 is 12.2 Å². The lowest BCUT2D eigenvalue weighted by atomic mass is 10.2. The molecule has 0 fully saturated rings. The lowest BCUT2D eigenvalue weighted by Gasteiger charge is -2.11. The predicted octanol–water partition coefficient (Wildman–Crippen LogP) is -2.32. The zero-order valence-electron chi connectivity index (χ0n) is 6.58. The summed E-state index contributed by atoms with van der Waals surface area (Å²) in [7, 11) is 0. The highest BCUT2D eigenvalue weighted by Crippen LogP contribution is 1.91. The van der Waals surface area contributed by atoms with Gasteiger partial charge in [-0.3, -0.25) is 0 Å². The molecule has 0 aromatic rings. The minimum atomic E-state index is -1.23.